The summed E-state index contributed by atoms with van der Waals surface area (Å²) in [6.07, 6.45) is 3.68. The first-order valence-corrected chi connectivity index (χ1v) is 8.59. The van der Waals surface area contributed by atoms with Gasteiger partial charge in [0.25, 0.3) is 0 Å². The highest BCUT2D eigenvalue weighted by molar-refractivity contribution is 6.29. The highest BCUT2D eigenvalue weighted by Gasteiger charge is 2.32. The molecular weight excluding hydrogens is 361 g/mol. The molecule has 0 saturated carbocycles. The SMILES string of the molecule is COC(O)[C@@H]1CCCN1c1cc(Cl)nc(-c2cnc3ccc(F)cn23)n1. The molecule has 1 N–H and O–H groups in total. The van der Waals surface area contributed by atoms with Crippen LogP contribution < -0.4 is 4.90 Å². The van der Waals surface area contributed by atoms with Gasteiger partial charge in [-0.2, -0.15) is 0 Å². The van der Waals surface area contributed by atoms with Gasteiger partial charge in [-0.25, -0.2) is 19.3 Å². The maximum absolute atomic E-state index is 13.6. The minimum atomic E-state index is -0.917. The van der Waals surface area contributed by atoms with Gasteiger partial charge in [0.15, 0.2) is 12.1 Å². The first-order chi connectivity index (χ1) is 12.6. The monoisotopic (exact) mass is 377 g/mol. The number of aliphatic hydroxyl groups is 1. The van der Waals surface area contributed by atoms with Gasteiger partial charge in [0.05, 0.1) is 12.2 Å². The summed E-state index contributed by atoms with van der Waals surface area (Å²) in [6, 6.07) is 4.36. The van der Waals surface area contributed by atoms with Crippen molar-refractivity contribution in [2.45, 2.75) is 25.2 Å². The van der Waals surface area contributed by atoms with E-state index in [1.54, 1.807) is 22.7 Å². The van der Waals surface area contributed by atoms with Crippen molar-refractivity contribution in [2.75, 3.05) is 18.6 Å². The topological polar surface area (TPSA) is 75.8 Å². The molecule has 26 heavy (non-hydrogen) atoms. The highest BCUT2D eigenvalue weighted by Crippen LogP contribution is 2.30. The number of aromatic nitrogens is 4. The van der Waals surface area contributed by atoms with Crippen LogP contribution in [0, 0.1) is 5.82 Å². The maximum atomic E-state index is 13.6. The van der Waals surface area contributed by atoms with Crippen LogP contribution in [0.5, 0.6) is 0 Å². The lowest BCUT2D eigenvalue weighted by Gasteiger charge is -2.28. The van der Waals surface area contributed by atoms with E-state index in [-0.39, 0.29) is 17.0 Å². The molecule has 3 aromatic heterocycles. The Hall–Kier alpha value is -2.29. The number of anilines is 1. The Balaban J connectivity index is 1.78. The van der Waals surface area contributed by atoms with E-state index in [2.05, 4.69) is 15.0 Å². The van der Waals surface area contributed by atoms with Crippen LogP contribution in [0.25, 0.3) is 17.2 Å². The molecule has 1 unspecified atom stereocenters. The Morgan fingerprint density at radius 1 is 1.38 bits per heavy atom. The molecule has 2 atom stereocenters. The average molecular weight is 378 g/mol. The zero-order valence-corrected chi connectivity index (χ0v) is 14.8. The van der Waals surface area contributed by atoms with E-state index >= 15 is 0 Å². The molecule has 1 aliphatic rings. The predicted octanol–water partition coefficient (Wildman–Crippen LogP) is 2.52. The third-order valence-corrected chi connectivity index (χ3v) is 4.74. The number of pyridine rings is 1. The molecular formula is C17H17ClFN5O2. The smallest absolute Gasteiger partial charge is 0.181 e. The van der Waals surface area contributed by atoms with E-state index in [4.69, 9.17) is 16.3 Å². The van der Waals surface area contributed by atoms with Gasteiger partial charge >= 0.3 is 0 Å². The largest absolute Gasteiger partial charge is 0.366 e. The summed E-state index contributed by atoms with van der Waals surface area (Å²) in [5, 5.41) is 10.3. The van der Waals surface area contributed by atoms with E-state index in [0.717, 1.165) is 19.4 Å². The molecule has 4 rings (SSSR count). The van der Waals surface area contributed by atoms with Gasteiger partial charge in [0.1, 0.15) is 28.1 Å². The quantitative estimate of drug-likeness (QED) is 0.556. The third-order valence-electron chi connectivity index (χ3n) is 4.54. The zero-order chi connectivity index (χ0) is 18.3. The van der Waals surface area contributed by atoms with Crippen LogP contribution in [0.4, 0.5) is 10.2 Å². The predicted molar refractivity (Wildman–Crippen MR) is 94.6 cm³/mol. The van der Waals surface area contributed by atoms with Gasteiger partial charge in [-0.05, 0) is 25.0 Å². The number of fused-ring (bicyclic) bond motifs is 1. The molecule has 1 aliphatic heterocycles. The van der Waals surface area contributed by atoms with Crippen molar-refractivity contribution < 1.29 is 14.2 Å². The maximum Gasteiger partial charge on any atom is 0.181 e. The summed E-state index contributed by atoms with van der Waals surface area (Å²) in [7, 11) is 1.46. The number of hydrogen-bond acceptors (Lipinski definition) is 6. The number of aliphatic hydroxyl groups excluding tert-OH is 1. The molecule has 7 nitrogen and oxygen atoms in total. The molecule has 0 radical (unpaired) electrons. The van der Waals surface area contributed by atoms with E-state index in [9.17, 15) is 9.50 Å². The Bertz CT molecular complexity index is 950. The Morgan fingerprint density at radius 2 is 2.23 bits per heavy atom. The van der Waals surface area contributed by atoms with Crippen molar-refractivity contribution in [2.24, 2.45) is 0 Å². The van der Waals surface area contributed by atoms with E-state index in [1.165, 1.54) is 19.4 Å². The number of rotatable bonds is 4. The lowest BCUT2D eigenvalue weighted by Crippen LogP contribution is -2.40. The second kappa shape index (κ2) is 6.79. The summed E-state index contributed by atoms with van der Waals surface area (Å²) in [5.41, 5.74) is 1.12. The van der Waals surface area contributed by atoms with Crippen LogP contribution in [-0.4, -0.2) is 50.4 Å². The van der Waals surface area contributed by atoms with Gasteiger partial charge < -0.3 is 14.7 Å². The minimum Gasteiger partial charge on any atom is -0.366 e. The number of halogens is 2. The normalized spacial score (nSPS) is 18.6. The van der Waals surface area contributed by atoms with Gasteiger partial charge in [0.2, 0.25) is 0 Å². The molecule has 3 aromatic rings. The van der Waals surface area contributed by atoms with Crippen LogP contribution in [0.1, 0.15) is 12.8 Å². The van der Waals surface area contributed by atoms with Gasteiger partial charge in [0, 0.05) is 25.9 Å². The summed E-state index contributed by atoms with van der Waals surface area (Å²) >= 11 is 6.21. The zero-order valence-electron chi connectivity index (χ0n) is 14.0. The van der Waals surface area contributed by atoms with Crippen LogP contribution >= 0.6 is 11.6 Å². The number of methoxy groups -OCH3 is 1. The van der Waals surface area contributed by atoms with Crippen molar-refractivity contribution in [1.82, 2.24) is 19.4 Å². The van der Waals surface area contributed by atoms with Gasteiger partial charge in [-0.3, -0.25) is 4.40 Å². The van der Waals surface area contributed by atoms with Crippen LogP contribution in [0.3, 0.4) is 0 Å². The average Bonchev–Trinajstić information content (AvgIpc) is 3.27. The van der Waals surface area contributed by atoms with Gasteiger partial charge in [-0.1, -0.05) is 11.6 Å². The fraction of sp³-hybridized carbons (Fsp3) is 0.353. The van der Waals surface area contributed by atoms with Crippen molar-refractivity contribution in [1.29, 1.82) is 0 Å². The Labute approximate surface area is 154 Å². The van der Waals surface area contributed by atoms with Gasteiger partial charge in [-0.15, -0.1) is 0 Å². The summed E-state index contributed by atoms with van der Waals surface area (Å²) in [5.74, 6) is 0.537. The summed E-state index contributed by atoms with van der Waals surface area (Å²) in [6.45, 7) is 0.722. The molecule has 0 bridgehead atoms. The molecule has 9 heteroatoms. The lowest BCUT2D eigenvalue weighted by atomic mass is 10.2. The minimum absolute atomic E-state index is 0.210. The van der Waals surface area contributed by atoms with Crippen molar-refractivity contribution in [3.63, 3.8) is 0 Å². The standard InChI is InChI=1S/C17H17ClFN5O2/c1-26-17(25)11-3-2-6-23(11)15-7-13(18)21-16(22-15)12-8-20-14-5-4-10(19)9-24(12)14/h4-5,7-9,11,17,25H,2-3,6H2,1H3/t11-,17?/m0/s1. The fourth-order valence-electron chi connectivity index (χ4n) is 3.32. The second-order valence-corrected chi connectivity index (χ2v) is 6.51. The van der Waals surface area contributed by atoms with Crippen LogP contribution in [-0.2, 0) is 4.74 Å². The summed E-state index contributed by atoms with van der Waals surface area (Å²) < 4.78 is 20.3. The fourth-order valence-corrected chi connectivity index (χ4v) is 3.50. The lowest BCUT2D eigenvalue weighted by molar-refractivity contribution is -0.0881. The van der Waals surface area contributed by atoms with Crippen molar-refractivity contribution >= 4 is 23.1 Å². The number of imidazole rings is 1. The van der Waals surface area contributed by atoms with E-state index in [1.807, 2.05) is 4.90 Å². The van der Waals surface area contributed by atoms with Crippen LogP contribution in [0.15, 0.2) is 30.6 Å². The first kappa shape index (κ1) is 17.1. The summed E-state index contributed by atoms with van der Waals surface area (Å²) in [4.78, 5) is 15.1. The van der Waals surface area contributed by atoms with Crippen LogP contribution in [0.2, 0.25) is 5.15 Å². The number of nitrogens with zero attached hydrogens (tertiary/aromatic N) is 5. The molecule has 0 aliphatic carbocycles. The molecule has 0 spiro atoms. The van der Waals surface area contributed by atoms with E-state index in [0.29, 0.717) is 23.0 Å². The van der Waals surface area contributed by atoms with Crippen molar-refractivity contribution in [3.8, 4) is 11.5 Å². The molecule has 0 aromatic carbocycles. The van der Waals surface area contributed by atoms with E-state index < -0.39 is 6.29 Å². The highest BCUT2D eigenvalue weighted by atomic mass is 35.5. The third kappa shape index (κ3) is 3.00. The molecule has 1 fully saturated rings. The molecule has 0 amide bonds. The first-order valence-electron chi connectivity index (χ1n) is 8.22. The molecule has 1 saturated heterocycles. The number of ether oxygens (including phenoxy) is 1. The molecule has 136 valence electrons. The molecule has 4 heterocycles. The Morgan fingerprint density at radius 3 is 3.04 bits per heavy atom. The second-order valence-electron chi connectivity index (χ2n) is 6.12. The Kier molecular flexibility index (Phi) is 4.47. The van der Waals surface area contributed by atoms with Crippen molar-refractivity contribution in [3.05, 3.63) is 41.6 Å². The number of hydrogen-bond donors (Lipinski definition) is 1.